The maximum atomic E-state index is 3.94. The van der Waals surface area contributed by atoms with E-state index in [4.69, 9.17) is 0 Å². The van der Waals surface area contributed by atoms with E-state index in [0.29, 0.717) is 0 Å². The highest BCUT2D eigenvalue weighted by molar-refractivity contribution is 5.63. The fourth-order valence-corrected chi connectivity index (χ4v) is 2.26. The molecule has 0 saturated heterocycles. The Morgan fingerprint density at radius 1 is 0.950 bits per heavy atom. The highest BCUT2D eigenvalue weighted by Crippen LogP contribution is 2.23. The lowest BCUT2D eigenvalue weighted by Crippen LogP contribution is -2.05. The number of H-pyrrole nitrogens is 1. The molecule has 100 valence electrons. The first-order chi connectivity index (χ1) is 9.83. The van der Waals surface area contributed by atoms with Gasteiger partial charge in [0.1, 0.15) is 0 Å². The van der Waals surface area contributed by atoms with Gasteiger partial charge in [0, 0.05) is 12.2 Å². The lowest BCUT2D eigenvalue weighted by molar-refractivity contribution is 0.885. The molecule has 0 aliphatic heterocycles. The Bertz CT molecular complexity index is 642. The predicted octanol–water partition coefficient (Wildman–Crippen LogP) is 4.25. The first kappa shape index (κ1) is 12.5. The summed E-state index contributed by atoms with van der Waals surface area (Å²) in [5.74, 6) is 0. The summed E-state index contributed by atoms with van der Waals surface area (Å²) >= 11 is 0. The van der Waals surface area contributed by atoms with E-state index in [1.54, 1.807) is 6.20 Å². The highest BCUT2D eigenvalue weighted by atomic mass is 15.1. The summed E-state index contributed by atoms with van der Waals surface area (Å²) in [6, 6.07) is 19.3. The van der Waals surface area contributed by atoms with Gasteiger partial charge in [0.25, 0.3) is 0 Å². The summed E-state index contributed by atoms with van der Waals surface area (Å²) in [5.41, 5.74) is 4.75. The van der Waals surface area contributed by atoms with Crippen LogP contribution in [0.3, 0.4) is 0 Å². The van der Waals surface area contributed by atoms with E-state index in [9.17, 15) is 0 Å². The predicted molar refractivity (Wildman–Crippen MR) is 82.5 cm³/mol. The Balaban J connectivity index is 1.76. The van der Waals surface area contributed by atoms with Gasteiger partial charge in [-0.2, -0.15) is 5.10 Å². The van der Waals surface area contributed by atoms with Crippen LogP contribution < -0.4 is 5.32 Å². The van der Waals surface area contributed by atoms with Gasteiger partial charge in [0.05, 0.1) is 11.9 Å². The zero-order valence-corrected chi connectivity index (χ0v) is 11.4. The lowest BCUT2D eigenvalue weighted by atomic mass is 10.0. The minimum absolute atomic E-state index is 0.248. The van der Waals surface area contributed by atoms with Crippen LogP contribution in [0.4, 0.5) is 5.69 Å². The summed E-state index contributed by atoms with van der Waals surface area (Å²) in [5, 5.41) is 10.1. The van der Waals surface area contributed by atoms with Crippen molar-refractivity contribution in [2.24, 2.45) is 0 Å². The van der Waals surface area contributed by atoms with Gasteiger partial charge >= 0.3 is 0 Å². The van der Waals surface area contributed by atoms with Crippen molar-refractivity contribution >= 4 is 5.69 Å². The van der Waals surface area contributed by atoms with Gasteiger partial charge in [-0.15, -0.1) is 0 Å². The smallest absolute Gasteiger partial charge is 0.0728 e. The molecule has 1 atom stereocenters. The average molecular weight is 263 g/mol. The van der Waals surface area contributed by atoms with E-state index in [1.165, 1.54) is 16.7 Å². The fraction of sp³-hybridized carbons (Fsp3) is 0.118. The van der Waals surface area contributed by atoms with Crippen LogP contribution in [-0.2, 0) is 0 Å². The van der Waals surface area contributed by atoms with Crippen LogP contribution in [-0.4, -0.2) is 10.2 Å². The van der Waals surface area contributed by atoms with Gasteiger partial charge in [0.15, 0.2) is 0 Å². The molecule has 3 heteroatoms. The van der Waals surface area contributed by atoms with Crippen LogP contribution in [0.5, 0.6) is 0 Å². The molecule has 20 heavy (non-hydrogen) atoms. The standard InChI is InChI=1S/C17H17N3/c1-13(20-17-11-18-19-12-17)14-7-9-16(10-8-14)15-5-3-2-4-6-15/h2-13,20H,1H3,(H,18,19). The molecular weight excluding hydrogens is 246 g/mol. The number of benzene rings is 2. The Labute approximate surface area is 118 Å². The second-order valence-electron chi connectivity index (χ2n) is 4.84. The number of aromatic amines is 1. The molecule has 3 aromatic rings. The molecule has 3 rings (SSSR count). The van der Waals surface area contributed by atoms with Gasteiger partial charge in [0.2, 0.25) is 0 Å². The second kappa shape index (κ2) is 5.61. The van der Waals surface area contributed by atoms with Crippen molar-refractivity contribution in [1.29, 1.82) is 0 Å². The molecular formula is C17H17N3. The van der Waals surface area contributed by atoms with E-state index in [0.717, 1.165) is 5.69 Å². The molecule has 1 heterocycles. The maximum absolute atomic E-state index is 3.94. The third kappa shape index (κ3) is 2.72. The monoisotopic (exact) mass is 263 g/mol. The second-order valence-corrected chi connectivity index (χ2v) is 4.84. The Hall–Kier alpha value is -2.55. The number of anilines is 1. The van der Waals surface area contributed by atoms with Crippen molar-refractivity contribution < 1.29 is 0 Å². The van der Waals surface area contributed by atoms with Gasteiger partial charge < -0.3 is 5.32 Å². The molecule has 0 amide bonds. The normalized spacial score (nSPS) is 12.1. The Morgan fingerprint density at radius 2 is 1.65 bits per heavy atom. The fourth-order valence-electron chi connectivity index (χ4n) is 2.26. The quantitative estimate of drug-likeness (QED) is 0.738. The van der Waals surface area contributed by atoms with E-state index < -0.39 is 0 Å². The van der Waals surface area contributed by atoms with Crippen LogP contribution in [0.1, 0.15) is 18.5 Å². The van der Waals surface area contributed by atoms with Crippen molar-refractivity contribution in [2.45, 2.75) is 13.0 Å². The number of rotatable bonds is 4. The first-order valence-electron chi connectivity index (χ1n) is 6.73. The van der Waals surface area contributed by atoms with Crippen LogP contribution in [0, 0.1) is 0 Å². The molecule has 3 nitrogen and oxygen atoms in total. The van der Waals surface area contributed by atoms with Crippen molar-refractivity contribution in [3.8, 4) is 11.1 Å². The largest absolute Gasteiger partial charge is 0.376 e. The van der Waals surface area contributed by atoms with E-state index in [-0.39, 0.29) is 6.04 Å². The van der Waals surface area contributed by atoms with Crippen LogP contribution in [0.2, 0.25) is 0 Å². The topological polar surface area (TPSA) is 40.7 Å². The highest BCUT2D eigenvalue weighted by Gasteiger charge is 2.06. The molecule has 1 unspecified atom stereocenters. The Morgan fingerprint density at radius 3 is 2.30 bits per heavy atom. The number of nitrogens with one attached hydrogen (secondary N) is 2. The SMILES string of the molecule is CC(Nc1cn[nH]c1)c1ccc(-c2ccccc2)cc1. The molecule has 1 aromatic heterocycles. The summed E-state index contributed by atoms with van der Waals surface area (Å²) in [7, 11) is 0. The summed E-state index contributed by atoms with van der Waals surface area (Å²) in [6.07, 6.45) is 3.64. The van der Waals surface area contributed by atoms with Crippen molar-refractivity contribution in [1.82, 2.24) is 10.2 Å². The van der Waals surface area contributed by atoms with Gasteiger partial charge in [-0.05, 0) is 23.6 Å². The molecule has 0 aliphatic rings. The van der Waals surface area contributed by atoms with Crippen molar-refractivity contribution in [3.63, 3.8) is 0 Å². The average Bonchev–Trinajstić information content (AvgIpc) is 3.01. The number of aromatic nitrogens is 2. The van der Waals surface area contributed by atoms with Crippen molar-refractivity contribution in [2.75, 3.05) is 5.32 Å². The molecule has 0 saturated carbocycles. The number of hydrogen-bond acceptors (Lipinski definition) is 2. The molecule has 0 fully saturated rings. The number of nitrogens with zero attached hydrogens (tertiary/aromatic N) is 1. The number of hydrogen-bond donors (Lipinski definition) is 2. The minimum atomic E-state index is 0.248. The van der Waals surface area contributed by atoms with E-state index in [1.807, 2.05) is 12.3 Å². The van der Waals surface area contributed by atoms with Gasteiger partial charge in [-0.1, -0.05) is 54.6 Å². The van der Waals surface area contributed by atoms with Crippen LogP contribution >= 0.6 is 0 Å². The van der Waals surface area contributed by atoms with E-state index in [2.05, 4.69) is 71.0 Å². The third-order valence-corrected chi connectivity index (χ3v) is 3.40. The van der Waals surface area contributed by atoms with Gasteiger partial charge in [-0.3, -0.25) is 5.10 Å². The lowest BCUT2D eigenvalue weighted by Gasteiger charge is -2.14. The minimum Gasteiger partial charge on any atom is -0.376 e. The molecule has 0 bridgehead atoms. The molecule has 2 aromatic carbocycles. The maximum Gasteiger partial charge on any atom is 0.0728 e. The van der Waals surface area contributed by atoms with Gasteiger partial charge in [-0.25, -0.2) is 0 Å². The van der Waals surface area contributed by atoms with Crippen LogP contribution in [0.25, 0.3) is 11.1 Å². The summed E-state index contributed by atoms with van der Waals surface area (Å²) in [4.78, 5) is 0. The zero-order valence-electron chi connectivity index (χ0n) is 11.4. The molecule has 0 spiro atoms. The van der Waals surface area contributed by atoms with E-state index >= 15 is 0 Å². The molecule has 0 radical (unpaired) electrons. The first-order valence-corrected chi connectivity index (χ1v) is 6.73. The summed E-state index contributed by atoms with van der Waals surface area (Å²) < 4.78 is 0. The van der Waals surface area contributed by atoms with Crippen molar-refractivity contribution in [3.05, 3.63) is 72.6 Å². The third-order valence-electron chi connectivity index (χ3n) is 3.40. The molecule has 0 aliphatic carbocycles. The Kier molecular flexibility index (Phi) is 3.50. The molecule has 2 N–H and O–H groups in total. The zero-order chi connectivity index (χ0) is 13.8. The van der Waals surface area contributed by atoms with Crippen LogP contribution in [0.15, 0.2) is 67.0 Å². The summed E-state index contributed by atoms with van der Waals surface area (Å²) in [6.45, 7) is 2.14.